The molecule has 7 heteroatoms. The van der Waals surface area contributed by atoms with Crippen molar-refractivity contribution in [3.05, 3.63) is 76.9 Å². The number of ether oxygens (including phenoxy) is 5. The van der Waals surface area contributed by atoms with Gasteiger partial charge in [0.1, 0.15) is 12.4 Å². The summed E-state index contributed by atoms with van der Waals surface area (Å²) in [6.45, 7) is 5.15. The lowest BCUT2D eigenvalue weighted by Crippen LogP contribution is -2.42. The van der Waals surface area contributed by atoms with Crippen molar-refractivity contribution in [2.45, 2.75) is 32.2 Å². The molecule has 3 aromatic carbocycles. The second-order valence-corrected chi connectivity index (χ2v) is 9.27. The van der Waals surface area contributed by atoms with Gasteiger partial charge in [-0.2, -0.15) is 0 Å². The molecule has 0 aromatic heterocycles. The van der Waals surface area contributed by atoms with E-state index in [-0.39, 0.29) is 11.9 Å². The first-order chi connectivity index (χ1) is 17.9. The van der Waals surface area contributed by atoms with E-state index >= 15 is 0 Å². The van der Waals surface area contributed by atoms with Crippen LogP contribution in [0.4, 0.5) is 0 Å². The molecule has 1 heterocycles. The van der Waals surface area contributed by atoms with Crippen LogP contribution in [0, 0.1) is 0 Å². The lowest BCUT2D eigenvalue weighted by molar-refractivity contribution is 0.0589. The Morgan fingerprint density at radius 3 is 2.08 bits per heavy atom. The molecule has 0 fully saturated rings. The van der Waals surface area contributed by atoms with Crippen LogP contribution in [0.25, 0.3) is 0 Å². The van der Waals surface area contributed by atoms with Crippen molar-refractivity contribution < 1.29 is 28.5 Å². The van der Waals surface area contributed by atoms with Crippen LogP contribution in [0.1, 0.15) is 52.9 Å². The summed E-state index contributed by atoms with van der Waals surface area (Å²) in [5.74, 6) is 3.47. The van der Waals surface area contributed by atoms with E-state index in [1.165, 1.54) is 5.56 Å². The maximum atomic E-state index is 13.8. The SMILES string of the molecule is COc1ccc(C(=O)N2CCc3cc(OC)c(OC)cc3[C@H]2COc2ccc(C(C)C)cc2)cc1OC. The van der Waals surface area contributed by atoms with Gasteiger partial charge in [-0.15, -0.1) is 0 Å². The molecule has 0 radical (unpaired) electrons. The van der Waals surface area contributed by atoms with Crippen molar-refractivity contribution in [1.82, 2.24) is 4.90 Å². The number of rotatable bonds is 9. The van der Waals surface area contributed by atoms with Crippen LogP contribution < -0.4 is 23.7 Å². The number of methoxy groups -OCH3 is 4. The third-order valence-electron chi connectivity index (χ3n) is 6.85. The average Bonchev–Trinajstić information content (AvgIpc) is 2.94. The Hall–Kier alpha value is -3.87. The zero-order chi connectivity index (χ0) is 26.5. The van der Waals surface area contributed by atoms with E-state index in [9.17, 15) is 4.79 Å². The van der Waals surface area contributed by atoms with Gasteiger partial charge in [-0.3, -0.25) is 4.79 Å². The van der Waals surface area contributed by atoms with Crippen molar-refractivity contribution in [2.75, 3.05) is 41.6 Å². The molecule has 4 rings (SSSR count). The highest BCUT2D eigenvalue weighted by Gasteiger charge is 2.33. The van der Waals surface area contributed by atoms with Gasteiger partial charge in [0.05, 0.1) is 34.5 Å². The zero-order valence-corrected chi connectivity index (χ0v) is 22.4. The average molecular weight is 506 g/mol. The molecule has 7 nitrogen and oxygen atoms in total. The van der Waals surface area contributed by atoms with Gasteiger partial charge in [0.15, 0.2) is 23.0 Å². The minimum atomic E-state index is -0.325. The van der Waals surface area contributed by atoms with Gasteiger partial charge in [0.25, 0.3) is 5.91 Å². The maximum Gasteiger partial charge on any atom is 0.254 e. The predicted molar refractivity (Wildman–Crippen MR) is 143 cm³/mol. The fourth-order valence-corrected chi connectivity index (χ4v) is 4.71. The predicted octanol–water partition coefficient (Wildman–Crippen LogP) is 5.66. The standard InChI is InChI=1S/C30H35NO6/c1-19(2)20-7-10-23(11-8-20)37-18-25-24-17-29(36-6)28(35-5)15-21(24)13-14-31(25)30(32)22-9-12-26(33-3)27(16-22)34-4/h7-12,15-17,19,25H,13-14,18H2,1-6H3/t25-/m1/s1. The molecule has 1 aliphatic heterocycles. The van der Waals surface area contributed by atoms with Gasteiger partial charge >= 0.3 is 0 Å². The van der Waals surface area contributed by atoms with Gasteiger partial charge in [0, 0.05) is 12.1 Å². The van der Waals surface area contributed by atoms with Crippen molar-refractivity contribution in [2.24, 2.45) is 0 Å². The monoisotopic (exact) mass is 505 g/mol. The van der Waals surface area contributed by atoms with Crippen LogP contribution in [-0.4, -0.2) is 52.4 Å². The second kappa shape index (κ2) is 11.5. The first-order valence-corrected chi connectivity index (χ1v) is 12.4. The van der Waals surface area contributed by atoms with Gasteiger partial charge < -0.3 is 28.6 Å². The van der Waals surface area contributed by atoms with Crippen molar-refractivity contribution in [3.8, 4) is 28.7 Å². The molecule has 0 aliphatic carbocycles. The largest absolute Gasteiger partial charge is 0.493 e. The van der Waals surface area contributed by atoms with E-state index in [0.717, 1.165) is 16.9 Å². The van der Waals surface area contributed by atoms with Gasteiger partial charge in [-0.05, 0) is 71.5 Å². The maximum absolute atomic E-state index is 13.8. The number of fused-ring (bicyclic) bond motifs is 1. The molecule has 0 unspecified atom stereocenters. The lowest BCUT2D eigenvalue weighted by Gasteiger charge is -2.37. The summed E-state index contributed by atoms with van der Waals surface area (Å²) in [6, 6.07) is 17.0. The van der Waals surface area contributed by atoms with Crippen LogP contribution in [0.5, 0.6) is 28.7 Å². The third-order valence-corrected chi connectivity index (χ3v) is 6.85. The highest BCUT2D eigenvalue weighted by molar-refractivity contribution is 5.95. The smallest absolute Gasteiger partial charge is 0.254 e. The Balaban J connectivity index is 1.69. The van der Waals surface area contributed by atoms with Crippen molar-refractivity contribution >= 4 is 5.91 Å². The van der Waals surface area contributed by atoms with E-state index in [1.54, 1.807) is 46.6 Å². The molecule has 196 valence electrons. The minimum absolute atomic E-state index is 0.106. The molecular weight excluding hydrogens is 470 g/mol. The Bertz CT molecular complexity index is 1240. The van der Waals surface area contributed by atoms with Crippen LogP contribution in [0.3, 0.4) is 0 Å². The highest BCUT2D eigenvalue weighted by Crippen LogP contribution is 2.39. The fraction of sp³-hybridized carbons (Fsp3) is 0.367. The number of nitrogens with zero attached hydrogens (tertiary/aromatic N) is 1. The van der Waals surface area contributed by atoms with Crippen LogP contribution in [0.2, 0.25) is 0 Å². The van der Waals surface area contributed by atoms with Crippen LogP contribution in [0.15, 0.2) is 54.6 Å². The normalized spacial score (nSPS) is 14.7. The van der Waals surface area contributed by atoms with Crippen LogP contribution in [-0.2, 0) is 6.42 Å². The number of hydrogen-bond acceptors (Lipinski definition) is 6. The molecule has 0 bridgehead atoms. The topological polar surface area (TPSA) is 66.5 Å². The lowest BCUT2D eigenvalue weighted by atomic mass is 9.91. The zero-order valence-electron chi connectivity index (χ0n) is 22.4. The molecule has 1 amide bonds. The van der Waals surface area contributed by atoms with E-state index in [0.29, 0.717) is 54.1 Å². The first kappa shape index (κ1) is 26.2. The number of hydrogen-bond donors (Lipinski definition) is 0. The summed E-state index contributed by atoms with van der Waals surface area (Å²) in [6.07, 6.45) is 0.689. The molecule has 0 N–H and O–H groups in total. The Morgan fingerprint density at radius 1 is 0.838 bits per heavy atom. The van der Waals surface area contributed by atoms with Crippen molar-refractivity contribution in [1.29, 1.82) is 0 Å². The summed E-state index contributed by atoms with van der Waals surface area (Å²) < 4.78 is 28.1. The molecule has 37 heavy (non-hydrogen) atoms. The molecule has 0 saturated carbocycles. The molecule has 1 aliphatic rings. The van der Waals surface area contributed by atoms with Gasteiger partial charge in [-0.1, -0.05) is 26.0 Å². The second-order valence-electron chi connectivity index (χ2n) is 9.27. The molecule has 1 atom stereocenters. The van der Waals surface area contributed by atoms with E-state index in [4.69, 9.17) is 23.7 Å². The molecule has 0 spiro atoms. The van der Waals surface area contributed by atoms with E-state index < -0.39 is 0 Å². The number of amides is 1. The molecule has 0 saturated heterocycles. The minimum Gasteiger partial charge on any atom is -0.493 e. The van der Waals surface area contributed by atoms with E-state index in [1.807, 2.05) is 29.2 Å². The summed E-state index contributed by atoms with van der Waals surface area (Å²) in [4.78, 5) is 15.7. The Kier molecular flexibility index (Phi) is 8.11. The summed E-state index contributed by atoms with van der Waals surface area (Å²) in [7, 11) is 6.37. The summed E-state index contributed by atoms with van der Waals surface area (Å²) >= 11 is 0. The van der Waals surface area contributed by atoms with Gasteiger partial charge in [-0.25, -0.2) is 0 Å². The Morgan fingerprint density at radius 2 is 1.46 bits per heavy atom. The summed E-state index contributed by atoms with van der Waals surface area (Å²) in [5, 5.41) is 0. The first-order valence-electron chi connectivity index (χ1n) is 12.4. The summed E-state index contributed by atoms with van der Waals surface area (Å²) in [5.41, 5.74) is 3.86. The number of carbonyl (C=O) groups excluding carboxylic acids is 1. The number of benzene rings is 3. The Labute approximate surface area is 218 Å². The molecular formula is C30H35NO6. The van der Waals surface area contributed by atoms with Crippen molar-refractivity contribution in [3.63, 3.8) is 0 Å². The highest BCUT2D eigenvalue weighted by atomic mass is 16.5. The fourth-order valence-electron chi connectivity index (χ4n) is 4.71. The number of carbonyl (C=O) groups is 1. The van der Waals surface area contributed by atoms with Gasteiger partial charge in [0.2, 0.25) is 0 Å². The quantitative estimate of drug-likeness (QED) is 0.374. The van der Waals surface area contributed by atoms with E-state index in [2.05, 4.69) is 26.0 Å². The van der Waals surface area contributed by atoms with Crippen LogP contribution >= 0.6 is 0 Å². The third kappa shape index (κ3) is 5.45. The molecule has 3 aromatic rings.